The molecule has 14 heteroatoms. The van der Waals surface area contributed by atoms with Gasteiger partial charge in [-0.15, -0.1) is 0 Å². The third kappa shape index (κ3) is 8.79. The summed E-state index contributed by atoms with van der Waals surface area (Å²) in [4.78, 5) is 51.0. The van der Waals surface area contributed by atoms with Gasteiger partial charge in [0, 0.05) is 44.3 Å². The predicted octanol–water partition coefficient (Wildman–Crippen LogP) is 7.72. The van der Waals surface area contributed by atoms with Crippen molar-refractivity contribution in [3.63, 3.8) is 0 Å². The summed E-state index contributed by atoms with van der Waals surface area (Å²) >= 11 is 0. The smallest absolute Gasteiger partial charge is 0.326 e. The number of carbonyl (C=O) groups excluding carboxylic acids is 2. The number of aromatic nitrogens is 2. The van der Waals surface area contributed by atoms with Gasteiger partial charge in [-0.1, -0.05) is 36.4 Å². The van der Waals surface area contributed by atoms with E-state index in [1.54, 1.807) is 44.3 Å². The van der Waals surface area contributed by atoms with Gasteiger partial charge in [-0.2, -0.15) is 0 Å². The fourth-order valence-corrected chi connectivity index (χ4v) is 7.74. The maximum atomic E-state index is 14.2. The summed E-state index contributed by atoms with van der Waals surface area (Å²) < 4.78 is 51.1. The number of fused-ring (bicyclic) bond motifs is 2. The zero-order valence-electron chi connectivity index (χ0n) is 33.8. The quantitative estimate of drug-likeness (QED) is 0.133. The van der Waals surface area contributed by atoms with E-state index in [0.29, 0.717) is 39.7 Å². The highest BCUT2D eigenvalue weighted by Crippen LogP contribution is 2.41. The lowest BCUT2D eigenvalue weighted by molar-refractivity contribution is -0.142. The molecule has 312 valence electrons. The molecule has 2 aliphatic rings. The number of hydrogen-bond acceptors (Lipinski definition) is 9. The molecule has 3 unspecified atom stereocenters. The lowest BCUT2D eigenvalue weighted by Gasteiger charge is -2.37. The summed E-state index contributed by atoms with van der Waals surface area (Å²) in [6.07, 6.45) is 1.34. The molecule has 12 nitrogen and oxygen atoms in total. The van der Waals surface area contributed by atoms with Crippen molar-refractivity contribution in [3.05, 3.63) is 159 Å². The number of halogens is 2. The van der Waals surface area contributed by atoms with E-state index in [4.69, 9.17) is 18.6 Å². The number of nitrogens with zero attached hydrogens (tertiary/aromatic N) is 3. The van der Waals surface area contributed by atoms with Crippen molar-refractivity contribution in [2.24, 2.45) is 0 Å². The molecule has 0 aliphatic carbocycles. The summed E-state index contributed by atoms with van der Waals surface area (Å²) in [5.74, 6) is -1.76. The summed E-state index contributed by atoms with van der Waals surface area (Å²) in [7, 11) is 0. The maximum absolute atomic E-state index is 14.2. The average molecular weight is 829 g/mol. The largest absolute Gasteiger partial charge is 0.489 e. The second-order valence-electron chi connectivity index (χ2n) is 15.3. The molecule has 2 N–H and O–H groups in total. The van der Waals surface area contributed by atoms with Gasteiger partial charge in [0.15, 0.2) is 29.2 Å². The third-order valence-corrected chi connectivity index (χ3v) is 11.1. The van der Waals surface area contributed by atoms with Crippen molar-refractivity contribution in [3.8, 4) is 28.4 Å². The first kappa shape index (κ1) is 40.7. The number of hydrogen-bond donors (Lipinski definition) is 2. The van der Waals surface area contributed by atoms with Gasteiger partial charge in [-0.3, -0.25) is 14.6 Å². The molecule has 0 saturated carbocycles. The zero-order chi connectivity index (χ0) is 42.9. The molecular weight excluding hydrogens is 787 g/mol. The van der Waals surface area contributed by atoms with Gasteiger partial charge in [0.1, 0.15) is 48.4 Å². The van der Waals surface area contributed by atoms with Gasteiger partial charge in [-0.25, -0.2) is 18.6 Å². The van der Waals surface area contributed by atoms with Crippen molar-refractivity contribution in [1.82, 2.24) is 20.2 Å². The van der Waals surface area contributed by atoms with Crippen LogP contribution >= 0.6 is 0 Å². The minimum absolute atomic E-state index is 0.00669. The Hall–Kier alpha value is -7.09. The predicted molar refractivity (Wildman–Crippen MR) is 218 cm³/mol. The van der Waals surface area contributed by atoms with Crippen molar-refractivity contribution in [2.45, 2.75) is 71.9 Å². The number of carboxylic acid groups (broad SMARTS) is 1. The highest BCUT2D eigenvalue weighted by molar-refractivity contribution is 5.98. The summed E-state index contributed by atoms with van der Waals surface area (Å²) in [6.45, 7) is 7.34. The summed E-state index contributed by atoms with van der Waals surface area (Å²) in [5, 5.41) is 13.0. The number of oxazole rings is 1. The van der Waals surface area contributed by atoms with Crippen LogP contribution in [-0.4, -0.2) is 56.4 Å². The van der Waals surface area contributed by atoms with Gasteiger partial charge >= 0.3 is 5.97 Å². The van der Waals surface area contributed by atoms with Crippen LogP contribution in [0.25, 0.3) is 11.1 Å². The zero-order valence-corrected chi connectivity index (χ0v) is 33.8. The van der Waals surface area contributed by atoms with Crippen LogP contribution in [0.5, 0.6) is 17.2 Å². The number of pyridine rings is 1. The minimum Gasteiger partial charge on any atom is -0.489 e. The van der Waals surface area contributed by atoms with Gasteiger partial charge < -0.3 is 34.0 Å². The Morgan fingerprint density at radius 3 is 2.31 bits per heavy atom. The number of ether oxygens (including phenoxy) is 3. The Morgan fingerprint density at radius 1 is 0.902 bits per heavy atom. The van der Waals surface area contributed by atoms with Crippen LogP contribution in [0.3, 0.4) is 0 Å². The second kappa shape index (κ2) is 16.9. The molecule has 61 heavy (non-hydrogen) atoms. The molecule has 3 atom stereocenters. The Kier molecular flexibility index (Phi) is 11.3. The van der Waals surface area contributed by atoms with Crippen molar-refractivity contribution in [2.75, 3.05) is 6.61 Å². The molecule has 2 aromatic heterocycles. The van der Waals surface area contributed by atoms with Crippen LogP contribution in [-0.2, 0) is 35.6 Å². The molecular formula is C47H42F2N4O8. The van der Waals surface area contributed by atoms with Crippen LogP contribution in [0.15, 0.2) is 95.5 Å². The molecule has 4 heterocycles. The van der Waals surface area contributed by atoms with E-state index in [1.807, 2.05) is 56.3 Å². The first-order valence-electron chi connectivity index (χ1n) is 19.7. The molecule has 2 aliphatic heterocycles. The monoisotopic (exact) mass is 828 g/mol. The number of aryl methyl sites for hydroxylation is 3. The van der Waals surface area contributed by atoms with E-state index < -0.39 is 47.6 Å². The van der Waals surface area contributed by atoms with Gasteiger partial charge in [0.25, 0.3) is 5.91 Å². The van der Waals surface area contributed by atoms with Crippen LogP contribution < -0.4 is 19.5 Å². The molecule has 0 bridgehead atoms. The SMILES string of the molecule is Cc1nc(C(=O)N2Cc3cc4c(cc3CC2C(=O)NC(Cc2ccc(-c3ccnc(C)c3C)cc2)C(=O)O)OCC(c2ccc(OCc3cc(F)cc(F)c3)cc2)O4)c(C)o1. The van der Waals surface area contributed by atoms with Gasteiger partial charge in [0.2, 0.25) is 5.91 Å². The van der Waals surface area contributed by atoms with Crippen LogP contribution in [0.2, 0.25) is 0 Å². The highest BCUT2D eigenvalue weighted by Gasteiger charge is 2.39. The number of carboxylic acids is 1. The molecule has 8 rings (SSSR count). The van der Waals surface area contributed by atoms with Crippen molar-refractivity contribution in [1.29, 1.82) is 0 Å². The topological polar surface area (TPSA) is 153 Å². The number of carbonyl (C=O) groups is 3. The van der Waals surface area contributed by atoms with E-state index in [2.05, 4.69) is 15.3 Å². The van der Waals surface area contributed by atoms with E-state index in [9.17, 15) is 28.3 Å². The molecule has 0 fully saturated rings. The number of rotatable bonds is 11. The second-order valence-corrected chi connectivity index (χ2v) is 15.3. The van der Waals surface area contributed by atoms with Gasteiger partial charge in [0.05, 0.1) is 0 Å². The van der Waals surface area contributed by atoms with Crippen LogP contribution in [0.1, 0.15) is 67.3 Å². The number of benzene rings is 4. The minimum atomic E-state index is -1.28. The first-order valence-corrected chi connectivity index (χ1v) is 19.7. The van der Waals surface area contributed by atoms with Crippen LogP contribution in [0, 0.1) is 39.3 Å². The van der Waals surface area contributed by atoms with Crippen molar-refractivity contribution < 1.29 is 46.9 Å². The fourth-order valence-electron chi connectivity index (χ4n) is 7.74. The standard InChI is InChI=1S/C47H42F2N4O8/c1-25-26(2)50-14-13-38(25)31-7-5-29(6-8-31)17-39(47(56)57)52-45(54)40-18-33-19-41-42(20-34(33)22-53(40)46(55)44-27(3)60-28(4)51-44)61-43(24-59-41)32-9-11-37(12-10-32)58-23-30-15-35(48)21-36(49)16-30/h5-16,19-21,39-40,43H,17-18,22-24H2,1-4H3,(H,52,54)(H,56,57). The number of aliphatic carboxylic acids is 1. The summed E-state index contributed by atoms with van der Waals surface area (Å²) in [5.41, 5.74) is 7.33. The molecule has 4 aromatic carbocycles. The van der Waals surface area contributed by atoms with Gasteiger partial charge in [-0.05, 0) is 108 Å². The Bertz CT molecular complexity index is 2630. The molecule has 2 amide bonds. The van der Waals surface area contributed by atoms with E-state index >= 15 is 0 Å². The van der Waals surface area contributed by atoms with E-state index in [1.165, 1.54) is 17.0 Å². The number of amides is 2. The highest BCUT2D eigenvalue weighted by atomic mass is 19.1. The molecule has 0 spiro atoms. The molecule has 0 saturated heterocycles. The van der Waals surface area contributed by atoms with E-state index in [0.717, 1.165) is 39.6 Å². The lowest BCUT2D eigenvalue weighted by atomic mass is 9.91. The maximum Gasteiger partial charge on any atom is 0.326 e. The van der Waals surface area contributed by atoms with Crippen molar-refractivity contribution >= 4 is 17.8 Å². The first-order chi connectivity index (χ1) is 29.3. The Balaban J connectivity index is 0.994. The average Bonchev–Trinajstić information content (AvgIpc) is 3.59. The summed E-state index contributed by atoms with van der Waals surface area (Å²) in [6, 6.07) is 21.0. The Labute approximate surface area is 350 Å². The molecule has 0 radical (unpaired) electrons. The lowest BCUT2D eigenvalue weighted by Crippen LogP contribution is -2.56. The Morgan fingerprint density at radius 2 is 1.62 bits per heavy atom. The fraction of sp³-hybridized carbons (Fsp3) is 0.255. The number of nitrogens with one attached hydrogen (secondary N) is 1. The third-order valence-electron chi connectivity index (χ3n) is 11.1. The molecule has 6 aromatic rings. The van der Waals surface area contributed by atoms with E-state index in [-0.39, 0.29) is 44.2 Å². The normalized spacial score (nSPS) is 16.1. The van der Waals surface area contributed by atoms with Crippen LogP contribution in [0.4, 0.5) is 8.78 Å².